The van der Waals surface area contributed by atoms with Gasteiger partial charge < -0.3 is 14.2 Å². The summed E-state index contributed by atoms with van der Waals surface area (Å²) >= 11 is 0. The van der Waals surface area contributed by atoms with Gasteiger partial charge in [0, 0.05) is 33.4 Å². The van der Waals surface area contributed by atoms with E-state index in [2.05, 4.69) is 170 Å². The molecule has 2 atom stereocenters. The normalized spacial score (nSPS) is 18.5. The van der Waals surface area contributed by atoms with Crippen LogP contribution in [0.25, 0.3) is 33.7 Å². The summed E-state index contributed by atoms with van der Waals surface area (Å²) in [4.78, 5) is 0. The molecule has 10 rings (SSSR count). The van der Waals surface area contributed by atoms with Crippen LogP contribution in [0.15, 0.2) is 194 Å². The van der Waals surface area contributed by atoms with Gasteiger partial charge in [-0.3, -0.25) is 0 Å². The van der Waals surface area contributed by atoms with Gasteiger partial charge >= 0.3 is 0 Å². The number of fused-ring (bicyclic) bond motifs is 6. The first-order valence-electron chi connectivity index (χ1n) is 18.0. The van der Waals surface area contributed by atoms with Gasteiger partial charge in [-0.25, -0.2) is 0 Å². The van der Waals surface area contributed by atoms with Crippen molar-refractivity contribution >= 4 is 33.7 Å². The van der Waals surface area contributed by atoms with Crippen molar-refractivity contribution < 1.29 is 14.2 Å². The van der Waals surface area contributed by atoms with Crippen LogP contribution in [-0.2, 0) is 11.2 Å². The quantitative estimate of drug-likeness (QED) is 0.175. The van der Waals surface area contributed by atoms with Gasteiger partial charge in [-0.05, 0) is 82.2 Å². The molecule has 0 spiro atoms. The molecule has 3 heteroatoms. The van der Waals surface area contributed by atoms with Crippen molar-refractivity contribution in [3.63, 3.8) is 0 Å². The maximum Gasteiger partial charge on any atom is 0.178 e. The first kappa shape index (κ1) is 30.9. The predicted molar refractivity (Wildman–Crippen MR) is 215 cm³/mol. The molecule has 3 nitrogen and oxygen atoms in total. The van der Waals surface area contributed by atoms with Crippen LogP contribution in [0.3, 0.4) is 0 Å². The van der Waals surface area contributed by atoms with E-state index in [9.17, 15) is 0 Å². The minimum absolute atomic E-state index is 0.739. The van der Waals surface area contributed by atoms with E-state index in [1.165, 1.54) is 21.5 Å². The van der Waals surface area contributed by atoms with E-state index in [4.69, 9.17) is 14.2 Å². The predicted octanol–water partition coefficient (Wildman–Crippen LogP) is 12.5. The molecule has 53 heavy (non-hydrogen) atoms. The second-order valence-corrected chi connectivity index (χ2v) is 13.6. The lowest BCUT2D eigenvalue weighted by atomic mass is 9.83. The second kappa shape index (κ2) is 12.4. The van der Waals surface area contributed by atoms with Gasteiger partial charge in [-0.1, -0.05) is 146 Å². The van der Waals surface area contributed by atoms with E-state index in [1.807, 2.05) is 36.4 Å². The van der Waals surface area contributed by atoms with Gasteiger partial charge in [-0.15, -0.1) is 0 Å². The van der Waals surface area contributed by atoms with Crippen molar-refractivity contribution in [3.8, 4) is 23.0 Å². The summed E-state index contributed by atoms with van der Waals surface area (Å²) < 4.78 is 20.4. The van der Waals surface area contributed by atoms with Crippen LogP contribution < -0.4 is 14.2 Å². The van der Waals surface area contributed by atoms with E-state index < -0.39 is 11.2 Å². The minimum Gasteiger partial charge on any atom is -0.473 e. The molecule has 2 aliphatic heterocycles. The van der Waals surface area contributed by atoms with Gasteiger partial charge in [-0.2, -0.15) is 0 Å². The van der Waals surface area contributed by atoms with E-state index in [-0.39, 0.29) is 0 Å². The van der Waals surface area contributed by atoms with Crippen molar-refractivity contribution in [1.82, 2.24) is 0 Å². The fraction of sp³-hybridized carbons (Fsp3) is 0.0400. The Morgan fingerprint density at radius 1 is 0.340 bits per heavy atom. The Bertz CT molecular complexity index is 2490. The van der Waals surface area contributed by atoms with Crippen molar-refractivity contribution in [3.05, 3.63) is 228 Å². The van der Waals surface area contributed by atoms with Crippen LogP contribution >= 0.6 is 0 Å². The monoisotopic (exact) mass is 682 g/mol. The first-order valence-corrected chi connectivity index (χ1v) is 18.0. The van der Waals surface area contributed by atoms with Crippen molar-refractivity contribution in [2.45, 2.75) is 11.2 Å². The Kier molecular flexibility index (Phi) is 7.26. The molecule has 2 heterocycles. The molecule has 0 fully saturated rings. The molecule has 252 valence electrons. The molecule has 0 bridgehead atoms. The van der Waals surface area contributed by atoms with Gasteiger partial charge in [0.2, 0.25) is 0 Å². The van der Waals surface area contributed by atoms with E-state index in [1.54, 1.807) is 0 Å². The van der Waals surface area contributed by atoms with Crippen LogP contribution in [0, 0.1) is 0 Å². The van der Waals surface area contributed by atoms with Crippen LogP contribution in [0.5, 0.6) is 23.0 Å². The second-order valence-electron chi connectivity index (χ2n) is 13.6. The van der Waals surface area contributed by atoms with Crippen molar-refractivity contribution in [2.75, 3.05) is 0 Å². The smallest absolute Gasteiger partial charge is 0.178 e. The Balaban J connectivity index is 0.955. The zero-order valence-corrected chi connectivity index (χ0v) is 28.9. The zero-order chi connectivity index (χ0) is 35.2. The van der Waals surface area contributed by atoms with E-state index in [0.29, 0.717) is 0 Å². The third-order valence-electron chi connectivity index (χ3n) is 10.6. The molecule has 0 radical (unpaired) electrons. The van der Waals surface area contributed by atoms with Crippen molar-refractivity contribution in [1.29, 1.82) is 0 Å². The van der Waals surface area contributed by atoms with Gasteiger partial charge in [0.1, 0.15) is 23.0 Å². The molecule has 0 saturated carbocycles. The SMILES string of the molecule is C1=CC(c2ccccc2)(c2ccc(Oc3ccc(C4(c5ccccc5)C=Cc5c(ccc6ccccc56)O4)cc3)cc2)Oc2ccc3ccccc3c21. The van der Waals surface area contributed by atoms with Crippen LogP contribution in [-0.4, -0.2) is 0 Å². The molecule has 0 aliphatic carbocycles. The summed E-state index contributed by atoms with van der Waals surface area (Å²) in [5.41, 5.74) is 4.75. The summed E-state index contributed by atoms with van der Waals surface area (Å²) in [6.45, 7) is 0. The summed E-state index contributed by atoms with van der Waals surface area (Å²) in [5.74, 6) is 3.20. The fourth-order valence-electron chi connectivity index (χ4n) is 7.89. The van der Waals surface area contributed by atoms with Gasteiger partial charge in [0.15, 0.2) is 11.2 Å². The summed E-state index contributed by atoms with van der Waals surface area (Å²) in [5, 5.41) is 4.74. The zero-order valence-electron chi connectivity index (χ0n) is 28.9. The third-order valence-corrected chi connectivity index (χ3v) is 10.6. The Labute approximate surface area is 308 Å². The third kappa shape index (κ3) is 5.20. The Morgan fingerprint density at radius 3 is 1.15 bits per heavy atom. The average molecular weight is 683 g/mol. The van der Waals surface area contributed by atoms with Crippen LogP contribution in [0.1, 0.15) is 33.4 Å². The number of benzene rings is 8. The standard InChI is InChI=1S/C50H34O3/c1-3-13-37(14-4-1)49(33-31-45-43-17-9-7-11-35(43)19-29-47(45)52-49)39-21-25-41(26-22-39)51-42-27-23-40(24-28-42)50(38-15-5-2-6-16-38)34-32-46-44-18-10-8-12-36(44)20-30-48(46)53-50/h1-34H. The first-order chi connectivity index (χ1) is 26.2. The molecular weight excluding hydrogens is 649 g/mol. The highest BCUT2D eigenvalue weighted by Crippen LogP contribution is 2.46. The maximum atomic E-state index is 6.97. The molecule has 2 unspecified atom stereocenters. The number of hydrogen-bond acceptors (Lipinski definition) is 3. The Hall–Kier alpha value is -6.84. The van der Waals surface area contributed by atoms with Crippen LogP contribution in [0.4, 0.5) is 0 Å². The molecule has 2 aliphatic rings. The highest BCUT2D eigenvalue weighted by molar-refractivity contribution is 5.95. The summed E-state index contributed by atoms with van der Waals surface area (Å²) in [7, 11) is 0. The highest BCUT2D eigenvalue weighted by atomic mass is 16.5. The lowest BCUT2D eigenvalue weighted by molar-refractivity contribution is 0.161. The number of ether oxygens (including phenoxy) is 3. The lowest BCUT2D eigenvalue weighted by Crippen LogP contribution is -2.34. The van der Waals surface area contributed by atoms with Crippen LogP contribution in [0.2, 0.25) is 0 Å². The fourth-order valence-corrected chi connectivity index (χ4v) is 7.89. The topological polar surface area (TPSA) is 27.7 Å². The Morgan fingerprint density at radius 2 is 0.717 bits per heavy atom. The number of rotatable bonds is 6. The molecular formula is C50H34O3. The highest BCUT2D eigenvalue weighted by Gasteiger charge is 2.39. The van der Waals surface area contributed by atoms with E-state index in [0.717, 1.165) is 56.4 Å². The maximum absolute atomic E-state index is 6.97. The average Bonchev–Trinajstić information content (AvgIpc) is 3.24. The molecule has 0 N–H and O–H groups in total. The van der Waals surface area contributed by atoms with Gasteiger partial charge in [0.25, 0.3) is 0 Å². The van der Waals surface area contributed by atoms with E-state index >= 15 is 0 Å². The molecule has 0 saturated heterocycles. The minimum atomic E-state index is -0.791. The number of hydrogen-bond donors (Lipinski definition) is 0. The largest absolute Gasteiger partial charge is 0.473 e. The van der Waals surface area contributed by atoms with Gasteiger partial charge in [0.05, 0.1) is 0 Å². The van der Waals surface area contributed by atoms with Crippen molar-refractivity contribution in [2.24, 2.45) is 0 Å². The molecule has 0 aromatic heterocycles. The lowest BCUT2D eigenvalue weighted by Gasteiger charge is -2.36. The molecule has 8 aromatic carbocycles. The summed E-state index contributed by atoms with van der Waals surface area (Å²) in [6, 6.07) is 62.5. The molecule has 0 amide bonds. The molecule has 8 aromatic rings. The summed E-state index contributed by atoms with van der Waals surface area (Å²) in [6.07, 6.45) is 8.76.